The molecule has 0 unspecified atom stereocenters. The maximum absolute atomic E-state index is 5.99. The van der Waals surface area contributed by atoms with Crippen LogP contribution in [-0.4, -0.2) is 19.1 Å². The molecular formula is C15H20N2S. The van der Waals surface area contributed by atoms with E-state index in [2.05, 4.69) is 41.6 Å². The number of benzene rings is 1. The fourth-order valence-electron chi connectivity index (χ4n) is 2.92. The number of anilines is 1. The molecule has 1 aromatic heterocycles. The number of fused-ring (bicyclic) bond motifs is 1. The van der Waals surface area contributed by atoms with Crippen molar-refractivity contribution < 1.29 is 0 Å². The Kier molecular flexibility index (Phi) is 3.27. The highest BCUT2D eigenvalue weighted by molar-refractivity contribution is 7.17. The molecule has 2 aromatic rings. The molecule has 0 radical (unpaired) electrons. The van der Waals surface area contributed by atoms with Gasteiger partial charge >= 0.3 is 0 Å². The fourth-order valence-corrected chi connectivity index (χ4v) is 3.91. The number of hydrogen-bond donors (Lipinski definition) is 1. The van der Waals surface area contributed by atoms with Gasteiger partial charge < -0.3 is 10.6 Å². The molecule has 0 saturated heterocycles. The molecule has 0 spiro atoms. The van der Waals surface area contributed by atoms with Crippen molar-refractivity contribution in [1.82, 2.24) is 0 Å². The third-order valence-corrected chi connectivity index (χ3v) is 5.08. The van der Waals surface area contributed by atoms with E-state index in [-0.39, 0.29) is 0 Å². The van der Waals surface area contributed by atoms with Gasteiger partial charge in [0.05, 0.1) is 5.69 Å². The fraction of sp³-hybridized carbons (Fsp3) is 0.467. The van der Waals surface area contributed by atoms with Gasteiger partial charge in [-0.15, -0.1) is 11.3 Å². The summed E-state index contributed by atoms with van der Waals surface area (Å²) in [5.74, 6) is 0. The average Bonchev–Trinajstić information content (AvgIpc) is 2.82. The van der Waals surface area contributed by atoms with Crippen LogP contribution in [0, 0.1) is 0 Å². The molecule has 1 saturated carbocycles. The van der Waals surface area contributed by atoms with Crippen LogP contribution in [-0.2, 0) is 0 Å². The molecular weight excluding hydrogens is 240 g/mol. The molecule has 3 rings (SSSR count). The lowest BCUT2D eigenvalue weighted by Gasteiger charge is -2.34. The number of nitrogens with two attached hydrogens (primary N) is 1. The normalized spacial score (nSPS) is 24.3. The summed E-state index contributed by atoms with van der Waals surface area (Å²) in [6.07, 6.45) is 4.78. The first-order chi connectivity index (χ1) is 8.75. The van der Waals surface area contributed by atoms with Crippen LogP contribution in [0.3, 0.4) is 0 Å². The Labute approximate surface area is 112 Å². The van der Waals surface area contributed by atoms with Crippen LogP contribution in [0.5, 0.6) is 0 Å². The Balaban J connectivity index is 1.85. The van der Waals surface area contributed by atoms with Gasteiger partial charge in [0.25, 0.3) is 0 Å². The van der Waals surface area contributed by atoms with Crippen molar-refractivity contribution in [2.24, 2.45) is 5.73 Å². The Morgan fingerprint density at radius 3 is 2.67 bits per heavy atom. The summed E-state index contributed by atoms with van der Waals surface area (Å²) in [7, 11) is 2.23. The van der Waals surface area contributed by atoms with Gasteiger partial charge in [0.1, 0.15) is 0 Å². The van der Waals surface area contributed by atoms with E-state index in [1.807, 2.05) is 11.3 Å². The lowest BCUT2D eigenvalue weighted by Crippen LogP contribution is -2.38. The Morgan fingerprint density at radius 1 is 1.17 bits per heavy atom. The molecule has 0 aliphatic heterocycles. The monoisotopic (exact) mass is 260 g/mol. The molecule has 2 nitrogen and oxygen atoms in total. The van der Waals surface area contributed by atoms with Crippen molar-refractivity contribution in [3.63, 3.8) is 0 Å². The van der Waals surface area contributed by atoms with Crippen LogP contribution >= 0.6 is 11.3 Å². The van der Waals surface area contributed by atoms with Crippen LogP contribution in [0.1, 0.15) is 25.7 Å². The first-order valence-electron chi connectivity index (χ1n) is 6.70. The summed E-state index contributed by atoms with van der Waals surface area (Å²) in [6, 6.07) is 9.75. The van der Waals surface area contributed by atoms with E-state index < -0.39 is 0 Å². The van der Waals surface area contributed by atoms with Crippen LogP contribution in [0.4, 0.5) is 5.69 Å². The summed E-state index contributed by atoms with van der Waals surface area (Å²) in [6.45, 7) is 0. The predicted molar refractivity (Wildman–Crippen MR) is 80.5 cm³/mol. The predicted octanol–water partition coefficient (Wildman–Crippen LogP) is 3.61. The summed E-state index contributed by atoms with van der Waals surface area (Å²) >= 11 is 1.84. The van der Waals surface area contributed by atoms with E-state index in [1.54, 1.807) is 0 Å². The minimum Gasteiger partial charge on any atom is -0.370 e. The van der Waals surface area contributed by atoms with Crippen molar-refractivity contribution in [3.05, 3.63) is 29.6 Å². The molecule has 1 fully saturated rings. The first-order valence-corrected chi connectivity index (χ1v) is 7.58. The van der Waals surface area contributed by atoms with E-state index in [0.29, 0.717) is 12.1 Å². The Morgan fingerprint density at radius 2 is 1.89 bits per heavy atom. The van der Waals surface area contributed by atoms with Gasteiger partial charge in [-0.1, -0.05) is 18.2 Å². The van der Waals surface area contributed by atoms with E-state index in [1.165, 1.54) is 28.6 Å². The largest absolute Gasteiger partial charge is 0.370 e. The first kappa shape index (κ1) is 12.0. The molecule has 18 heavy (non-hydrogen) atoms. The second-order valence-corrected chi connectivity index (χ2v) is 6.21. The highest BCUT2D eigenvalue weighted by Gasteiger charge is 2.23. The molecule has 1 aliphatic carbocycles. The second-order valence-electron chi connectivity index (χ2n) is 5.30. The molecule has 3 heteroatoms. The minimum absolute atomic E-state index is 0.425. The summed E-state index contributed by atoms with van der Waals surface area (Å²) in [5.41, 5.74) is 7.38. The molecule has 1 aromatic carbocycles. The number of rotatable bonds is 2. The van der Waals surface area contributed by atoms with Gasteiger partial charge in [0.2, 0.25) is 0 Å². The average molecular weight is 260 g/mol. The van der Waals surface area contributed by atoms with Crippen LogP contribution in [0.25, 0.3) is 10.1 Å². The van der Waals surface area contributed by atoms with Gasteiger partial charge in [-0.05, 0) is 31.7 Å². The molecule has 0 atom stereocenters. The molecule has 96 valence electrons. The van der Waals surface area contributed by atoms with E-state index in [0.717, 1.165) is 12.8 Å². The Bertz CT molecular complexity index is 526. The van der Waals surface area contributed by atoms with Crippen molar-refractivity contribution in [3.8, 4) is 0 Å². The van der Waals surface area contributed by atoms with Crippen molar-refractivity contribution in [2.75, 3.05) is 11.9 Å². The third-order valence-electron chi connectivity index (χ3n) is 4.13. The van der Waals surface area contributed by atoms with E-state index >= 15 is 0 Å². The standard InChI is InChI=1S/C15H20N2S/c1-17(12-8-6-11(16)7-9-12)14-10-18-15-5-3-2-4-13(14)15/h2-5,10-12H,6-9,16H2,1H3. The van der Waals surface area contributed by atoms with Crippen LogP contribution in [0.2, 0.25) is 0 Å². The quantitative estimate of drug-likeness (QED) is 0.894. The maximum atomic E-state index is 5.99. The zero-order valence-electron chi connectivity index (χ0n) is 10.8. The highest BCUT2D eigenvalue weighted by Crippen LogP contribution is 2.35. The summed E-state index contributed by atoms with van der Waals surface area (Å²) in [5, 5.41) is 3.68. The van der Waals surface area contributed by atoms with Gasteiger partial charge in [-0.3, -0.25) is 0 Å². The van der Waals surface area contributed by atoms with Gasteiger partial charge in [-0.2, -0.15) is 0 Å². The summed E-state index contributed by atoms with van der Waals surface area (Å²) in [4.78, 5) is 2.46. The molecule has 2 N–H and O–H groups in total. The number of nitrogens with zero attached hydrogens (tertiary/aromatic N) is 1. The van der Waals surface area contributed by atoms with Gasteiger partial charge in [0.15, 0.2) is 0 Å². The van der Waals surface area contributed by atoms with Crippen molar-refractivity contribution in [2.45, 2.75) is 37.8 Å². The summed E-state index contributed by atoms with van der Waals surface area (Å²) < 4.78 is 1.38. The zero-order chi connectivity index (χ0) is 12.5. The smallest absolute Gasteiger partial charge is 0.0554 e. The van der Waals surface area contributed by atoms with Crippen molar-refractivity contribution >= 4 is 27.1 Å². The third kappa shape index (κ3) is 2.13. The van der Waals surface area contributed by atoms with Crippen LogP contribution in [0.15, 0.2) is 29.6 Å². The SMILES string of the molecule is CN(c1csc2ccccc12)C1CCC(N)CC1. The minimum atomic E-state index is 0.425. The molecule has 1 aliphatic rings. The topological polar surface area (TPSA) is 29.3 Å². The van der Waals surface area contributed by atoms with E-state index in [4.69, 9.17) is 5.73 Å². The van der Waals surface area contributed by atoms with E-state index in [9.17, 15) is 0 Å². The maximum Gasteiger partial charge on any atom is 0.0554 e. The Hall–Kier alpha value is -1.06. The van der Waals surface area contributed by atoms with Crippen molar-refractivity contribution in [1.29, 1.82) is 0 Å². The molecule has 0 amide bonds. The number of hydrogen-bond acceptors (Lipinski definition) is 3. The number of thiophene rings is 1. The molecule has 0 bridgehead atoms. The van der Waals surface area contributed by atoms with Gasteiger partial charge in [-0.25, -0.2) is 0 Å². The zero-order valence-corrected chi connectivity index (χ0v) is 11.6. The van der Waals surface area contributed by atoms with Crippen LogP contribution < -0.4 is 10.6 Å². The molecule has 1 heterocycles. The highest BCUT2D eigenvalue weighted by atomic mass is 32.1. The lowest BCUT2D eigenvalue weighted by molar-refractivity contribution is 0.385. The second kappa shape index (κ2) is 4.90. The lowest BCUT2D eigenvalue weighted by atomic mass is 9.91. The van der Waals surface area contributed by atoms with Gasteiger partial charge in [0, 0.05) is 34.6 Å².